The van der Waals surface area contributed by atoms with E-state index in [0.717, 1.165) is 5.56 Å². The second-order valence-corrected chi connectivity index (χ2v) is 4.92. The first-order valence-corrected chi connectivity index (χ1v) is 6.51. The standard InChI is InChI=1S/C15H9ClN4O/c1-9-4-10(7-17)6-11(5-9)15-19-14(20-21-15)13-3-2-12(16)8-18-13/h2-6,8H,1H3. The van der Waals surface area contributed by atoms with Crippen LogP contribution >= 0.6 is 11.6 Å². The molecule has 3 aromatic rings. The van der Waals surface area contributed by atoms with Gasteiger partial charge in [-0.25, -0.2) is 0 Å². The average Bonchev–Trinajstić information content (AvgIpc) is 2.97. The van der Waals surface area contributed by atoms with E-state index in [9.17, 15) is 0 Å². The Hall–Kier alpha value is -2.71. The third-order valence-electron chi connectivity index (χ3n) is 2.84. The summed E-state index contributed by atoms with van der Waals surface area (Å²) in [5.41, 5.74) is 2.78. The topological polar surface area (TPSA) is 75.6 Å². The Labute approximate surface area is 125 Å². The minimum absolute atomic E-state index is 0.349. The molecule has 0 saturated heterocycles. The van der Waals surface area contributed by atoms with Gasteiger partial charge >= 0.3 is 0 Å². The van der Waals surface area contributed by atoms with Crippen molar-refractivity contribution in [1.82, 2.24) is 15.1 Å². The molecule has 2 heterocycles. The molecule has 0 aliphatic rings. The largest absolute Gasteiger partial charge is 0.334 e. The van der Waals surface area contributed by atoms with Crippen molar-refractivity contribution in [1.29, 1.82) is 5.26 Å². The van der Waals surface area contributed by atoms with Gasteiger partial charge in [0.1, 0.15) is 5.69 Å². The maximum Gasteiger partial charge on any atom is 0.258 e. The molecule has 0 N–H and O–H groups in total. The van der Waals surface area contributed by atoms with Crippen LogP contribution in [-0.2, 0) is 0 Å². The predicted octanol–water partition coefficient (Wildman–Crippen LogP) is 3.63. The number of rotatable bonds is 2. The zero-order valence-electron chi connectivity index (χ0n) is 11.0. The summed E-state index contributed by atoms with van der Waals surface area (Å²) in [5, 5.41) is 13.4. The van der Waals surface area contributed by atoms with E-state index >= 15 is 0 Å². The van der Waals surface area contributed by atoms with Crippen LogP contribution < -0.4 is 0 Å². The van der Waals surface area contributed by atoms with E-state index in [1.165, 1.54) is 6.20 Å². The summed E-state index contributed by atoms with van der Waals surface area (Å²) in [4.78, 5) is 8.44. The fraction of sp³-hybridized carbons (Fsp3) is 0.0667. The summed E-state index contributed by atoms with van der Waals surface area (Å²) >= 11 is 5.79. The first-order chi connectivity index (χ1) is 10.2. The van der Waals surface area contributed by atoms with E-state index in [1.54, 1.807) is 24.3 Å². The molecule has 2 aromatic heterocycles. The lowest BCUT2D eigenvalue weighted by atomic mass is 10.1. The van der Waals surface area contributed by atoms with Crippen molar-refractivity contribution in [3.8, 4) is 29.0 Å². The first kappa shape index (κ1) is 13.3. The molecule has 0 fully saturated rings. The molecular formula is C15H9ClN4O. The van der Waals surface area contributed by atoms with Gasteiger partial charge in [0.2, 0.25) is 5.82 Å². The number of pyridine rings is 1. The highest BCUT2D eigenvalue weighted by molar-refractivity contribution is 6.30. The number of halogens is 1. The number of aromatic nitrogens is 3. The molecule has 0 bridgehead atoms. The number of nitriles is 1. The van der Waals surface area contributed by atoms with Crippen molar-refractivity contribution >= 4 is 11.6 Å². The molecule has 3 rings (SSSR count). The number of hydrogen-bond donors (Lipinski definition) is 0. The van der Waals surface area contributed by atoms with Crippen molar-refractivity contribution in [2.75, 3.05) is 0 Å². The van der Waals surface area contributed by atoms with Crippen LogP contribution in [0.25, 0.3) is 23.0 Å². The first-order valence-electron chi connectivity index (χ1n) is 6.13. The van der Waals surface area contributed by atoms with Crippen molar-refractivity contribution < 1.29 is 4.52 Å². The Morgan fingerprint density at radius 2 is 2.10 bits per heavy atom. The van der Waals surface area contributed by atoms with E-state index in [4.69, 9.17) is 21.4 Å². The molecule has 0 aliphatic heterocycles. The zero-order valence-corrected chi connectivity index (χ0v) is 11.8. The van der Waals surface area contributed by atoms with Crippen molar-refractivity contribution in [3.05, 3.63) is 52.7 Å². The van der Waals surface area contributed by atoms with E-state index in [0.29, 0.717) is 33.6 Å². The summed E-state index contributed by atoms with van der Waals surface area (Å²) in [6, 6.07) is 10.9. The lowest BCUT2D eigenvalue weighted by Gasteiger charge is -1.98. The zero-order chi connectivity index (χ0) is 14.8. The van der Waals surface area contributed by atoms with Crippen LogP contribution in [0.5, 0.6) is 0 Å². The molecule has 0 aliphatic carbocycles. The maximum absolute atomic E-state index is 9.00. The van der Waals surface area contributed by atoms with Gasteiger partial charge in [0.15, 0.2) is 0 Å². The highest BCUT2D eigenvalue weighted by Gasteiger charge is 2.12. The molecule has 1 aromatic carbocycles. The van der Waals surface area contributed by atoms with Gasteiger partial charge in [-0.05, 0) is 42.8 Å². The molecule has 0 spiro atoms. The van der Waals surface area contributed by atoms with Crippen LogP contribution in [0.1, 0.15) is 11.1 Å². The quantitative estimate of drug-likeness (QED) is 0.721. The van der Waals surface area contributed by atoms with E-state index in [1.807, 2.05) is 13.0 Å². The minimum atomic E-state index is 0.349. The van der Waals surface area contributed by atoms with Gasteiger partial charge < -0.3 is 4.52 Å². The van der Waals surface area contributed by atoms with Crippen LogP contribution in [0.4, 0.5) is 0 Å². The van der Waals surface area contributed by atoms with Gasteiger partial charge in [-0.15, -0.1) is 0 Å². The average molecular weight is 297 g/mol. The summed E-state index contributed by atoms with van der Waals surface area (Å²) in [5.74, 6) is 0.726. The lowest BCUT2D eigenvalue weighted by Crippen LogP contribution is -1.86. The summed E-state index contributed by atoms with van der Waals surface area (Å²) in [6.07, 6.45) is 1.52. The van der Waals surface area contributed by atoms with Crippen LogP contribution in [0.15, 0.2) is 41.1 Å². The smallest absolute Gasteiger partial charge is 0.258 e. The molecule has 0 unspecified atom stereocenters. The van der Waals surface area contributed by atoms with Gasteiger partial charge in [0.05, 0.1) is 16.7 Å². The number of benzene rings is 1. The highest BCUT2D eigenvalue weighted by atomic mass is 35.5. The molecule has 102 valence electrons. The van der Waals surface area contributed by atoms with Crippen molar-refractivity contribution in [2.45, 2.75) is 6.92 Å². The third-order valence-corrected chi connectivity index (χ3v) is 3.06. The normalized spacial score (nSPS) is 10.3. The summed E-state index contributed by atoms with van der Waals surface area (Å²) in [6.45, 7) is 1.91. The molecule has 0 amide bonds. The van der Waals surface area contributed by atoms with E-state index in [2.05, 4.69) is 21.2 Å². The molecule has 0 saturated carbocycles. The molecule has 0 radical (unpaired) electrons. The molecule has 5 nitrogen and oxygen atoms in total. The Bertz CT molecular complexity index is 834. The Balaban J connectivity index is 2.00. The van der Waals surface area contributed by atoms with Crippen LogP contribution in [0, 0.1) is 18.3 Å². The Morgan fingerprint density at radius 1 is 1.24 bits per heavy atom. The van der Waals surface area contributed by atoms with Gasteiger partial charge in [-0.3, -0.25) is 4.98 Å². The Kier molecular flexibility index (Phi) is 3.38. The summed E-state index contributed by atoms with van der Waals surface area (Å²) in [7, 11) is 0. The van der Waals surface area contributed by atoms with Crippen LogP contribution in [0.2, 0.25) is 5.02 Å². The Morgan fingerprint density at radius 3 is 2.81 bits per heavy atom. The summed E-state index contributed by atoms with van der Waals surface area (Å²) < 4.78 is 5.25. The second-order valence-electron chi connectivity index (χ2n) is 4.48. The van der Waals surface area contributed by atoms with Gasteiger partial charge in [-0.1, -0.05) is 16.8 Å². The fourth-order valence-corrected chi connectivity index (χ4v) is 2.04. The van der Waals surface area contributed by atoms with E-state index in [-0.39, 0.29) is 0 Å². The third kappa shape index (κ3) is 2.76. The van der Waals surface area contributed by atoms with Crippen LogP contribution in [0.3, 0.4) is 0 Å². The van der Waals surface area contributed by atoms with Gasteiger partial charge in [0, 0.05) is 11.8 Å². The van der Waals surface area contributed by atoms with Crippen molar-refractivity contribution in [3.63, 3.8) is 0 Å². The molecular weight excluding hydrogens is 288 g/mol. The highest BCUT2D eigenvalue weighted by Crippen LogP contribution is 2.23. The monoisotopic (exact) mass is 296 g/mol. The van der Waals surface area contributed by atoms with Gasteiger partial charge in [0.25, 0.3) is 5.89 Å². The molecule has 6 heteroatoms. The number of aryl methyl sites for hydroxylation is 1. The second kappa shape index (κ2) is 5.35. The molecule has 21 heavy (non-hydrogen) atoms. The number of hydrogen-bond acceptors (Lipinski definition) is 5. The number of nitrogens with zero attached hydrogens (tertiary/aromatic N) is 4. The van der Waals surface area contributed by atoms with Crippen molar-refractivity contribution in [2.24, 2.45) is 0 Å². The SMILES string of the molecule is Cc1cc(C#N)cc(-c2nc(-c3ccc(Cl)cn3)no2)c1. The molecule has 0 atom stereocenters. The predicted molar refractivity (Wildman–Crippen MR) is 77.4 cm³/mol. The maximum atomic E-state index is 9.00. The van der Waals surface area contributed by atoms with E-state index < -0.39 is 0 Å². The van der Waals surface area contributed by atoms with Gasteiger partial charge in [-0.2, -0.15) is 10.2 Å². The minimum Gasteiger partial charge on any atom is -0.334 e. The van der Waals surface area contributed by atoms with Crippen LogP contribution in [-0.4, -0.2) is 15.1 Å². The lowest BCUT2D eigenvalue weighted by molar-refractivity contribution is 0.432. The fourth-order valence-electron chi connectivity index (χ4n) is 1.92.